The number of methoxy groups -OCH3 is 1. The van der Waals surface area contributed by atoms with Crippen LogP contribution >= 0.6 is 0 Å². The van der Waals surface area contributed by atoms with E-state index in [4.69, 9.17) is 14.2 Å². The van der Waals surface area contributed by atoms with Crippen LogP contribution in [0.4, 0.5) is 5.69 Å². The molecule has 0 saturated carbocycles. The van der Waals surface area contributed by atoms with Crippen molar-refractivity contribution in [1.29, 1.82) is 0 Å². The second-order valence-corrected chi connectivity index (χ2v) is 7.15. The van der Waals surface area contributed by atoms with Gasteiger partial charge in [0.15, 0.2) is 0 Å². The molecule has 7 heteroatoms. The molecule has 0 spiro atoms. The first kappa shape index (κ1) is 21.9. The number of carbonyl (C=O) groups excluding carboxylic acids is 1. The molecule has 0 atom stereocenters. The molecule has 3 rings (SSSR count). The zero-order valence-corrected chi connectivity index (χ0v) is 17.8. The van der Waals surface area contributed by atoms with E-state index in [1.165, 1.54) is 0 Å². The molecule has 30 heavy (non-hydrogen) atoms. The minimum atomic E-state index is 0.00967. The number of nitrogens with one attached hydrogen (secondary N) is 1. The van der Waals surface area contributed by atoms with Gasteiger partial charge < -0.3 is 19.5 Å². The number of benzene rings is 2. The van der Waals surface area contributed by atoms with Gasteiger partial charge in [-0.1, -0.05) is 0 Å². The van der Waals surface area contributed by atoms with Gasteiger partial charge in [0.2, 0.25) is 5.91 Å². The highest BCUT2D eigenvalue weighted by atomic mass is 16.5. The van der Waals surface area contributed by atoms with Gasteiger partial charge in [0.25, 0.3) is 0 Å². The van der Waals surface area contributed by atoms with Gasteiger partial charge in [-0.25, -0.2) is 0 Å². The van der Waals surface area contributed by atoms with E-state index >= 15 is 0 Å². The van der Waals surface area contributed by atoms with Crippen LogP contribution in [0.2, 0.25) is 0 Å². The molecule has 0 aliphatic carbocycles. The van der Waals surface area contributed by atoms with Crippen LogP contribution in [0.15, 0.2) is 48.5 Å². The molecule has 0 aromatic heterocycles. The van der Waals surface area contributed by atoms with E-state index in [1.54, 1.807) is 7.11 Å². The molecule has 1 aliphatic heterocycles. The summed E-state index contributed by atoms with van der Waals surface area (Å²) in [6.07, 6.45) is 0. The van der Waals surface area contributed by atoms with Crippen molar-refractivity contribution in [1.82, 2.24) is 9.80 Å². The summed E-state index contributed by atoms with van der Waals surface area (Å²) in [6.45, 7) is 8.12. The second-order valence-electron chi connectivity index (χ2n) is 7.15. The summed E-state index contributed by atoms with van der Waals surface area (Å²) in [7, 11) is 1.65. The van der Waals surface area contributed by atoms with E-state index in [9.17, 15) is 4.79 Å². The fraction of sp³-hybridized carbons (Fsp3) is 0.435. The largest absolute Gasteiger partial charge is 0.497 e. The van der Waals surface area contributed by atoms with Crippen molar-refractivity contribution in [2.45, 2.75) is 6.92 Å². The Bertz CT molecular complexity index is 772. The number of piperazine rings is 1. The SMILES string of the molecule is CCOc1ccc(NC(=O)CN2CCN(CCOc3ccc(OC)cc3)CC2)cc1. The number of carbonyl (C=O) groups is 1. The zero-order valence-electron chi connectivity index (χ0n) is 17.8. The summed E-state index contributed by atoms with van der Waals surface area (Å²) in [6, 6.07) is 15.1. The highest BCUT2D eigenvalue weighted by Crippen LogP contribution is 2.17. The molecule has 1 fully saturated rings. The number of amides is 1. The summed E-state index contributed by atoms with van der Waals surface area (Å²) in [5.41, 5.74) is 0.790. The summed E-state index contributed by atoms with van der Waals surface area (Å²) in [5.74, 6) is 2.49. The highest BCUT2D eigenvalue weighted by molar-refractivity contribution is 5.92. The standard InChI is InChI=1S/C23H31N3O4/c1-3-29-21-6-4-19(5-7-21)24-23(27)18-26-14-12-25(13-15-26)16-17-30-22-10-8-20(28-2)9-11-22/h4-11H,3,12-18H2,1-2H3,(H,24,27). The van der Waals surface area contributed by atoms with Gasteiger partial charge in [-0.3, -0.25) is 14.6 Å². The van der Waals surface area contributed by atoms with Crippen LogP contribution in [0.5, 0.6) is 17.2 Å². The van der Waals surface area contributed by atoms with Crippen LogP contribution < -0.4 is 19.5 Å². The molecule has 1 N–H and O–H groups in total. The lowest BCUT2D eigenvalue weighted by molar-refractivity contribution is -0.117. The fourth-order valence-corrected chi connectivity index (χ4v) is 3.34. The Morgan fingerprint density at radius 2 is 1.43 bits per heavy atom. The van der Waals surface area contributed by atoms with Crippen molar-refractivity contribution in [3.63, 3.8) is 0 Å². The van der Waals surface area contributed by atoms with Gasteiger partial charge >= 0.3 is 0 Å². The number of rotatable bonds is 10. The zero-order chi connectivity index (χ0) is 21.2. The molecule has 2 aromatic rings. The monoisotopic (exact) mass is 413 g/mol. The second kappa shape index (κ2) is 11.4. The predicted molar refractivity (Wildman–Crippen MR) is 118 cm³/mol. The maximum Gasteiger partial charge on any atom is 0.238 e. The average Bonchev–Trinajstić information content (AvgIpc) is 2.77. The summed E-state index contributed by atoms with van der Waals surface area (Å²) in [5, 5.41) is 2.95. The lowest BCUT2D eigenvalue weighted by Gasteiger charge is -2.34. The van der Waals surface area contributed by atoms with Gasteiger partial charge in [0.1, 0.15) is 23.9 Å². The van der Waals surface area contributed by atoms with E-state index in [-0.39, 0.29) is 5.91 Å². The van der Waals surface area contributed by atoms with Gasteiger partial charge in [0, 0.05) is 38.4 Å². The third-order valence-corrected chi connectivity index (χ3v) is 5.02. The van der Waals surface area contributed by atoms with Crippen molar-refractivity contribution < 1.29 is 19.0 Å². The lowest BCUT2D eigenvalue weighted by Crippen LogP contribution is -2.49. The molecule has 1 saturated heterocycles. The van der Waals surface area contributed by atoms with Crippen molar-refractivity contribution >= 4 is 11.6 Å². The third kappa shape index (κ3) is 6.93. The van der Waals surface area contributed by atoms with Crippen molar-refractivity contribution in [2.75, 3.05) is 64.9 Å². The molecular weight excluding hydrogens is 382 g/mol. The molecule has 1 heterocycles. The Morgan fingerprint density at radius 1 is 0.867 bits per heavy atom. The molecule has 162 valence electrons. The Morgan fingerprint density at radius 3 is 2.07 bits per heavy atom. The first-order valence-corrected chi connectivity index (χ1v) is 10.4. The van der Waals surface area contributed by atoms with Crippen molar-refractivity contribution in [3.8, 4) is 17.2 Å². The van der Waals surface area contributed by atoms with Crippen LogP contribution in [0.25, 0.3) is 0 Å². The maximum absolute atomic E-state index is 12.3. The normalized spacial score (nSPS) is 14.9. The quantitative estimate of drug-likeness (QED) is 0.646. The molecule has 1 aliphatic rings. The van der Waals surface area contributed by atoms with E-state index in [2.05, 4.69) is 15.1 Å². The third-order valence-electron chi connectivity index (χ3n) is 5.02. The molecule has 1 amide bonds. The predicted octanol–water partition coefficient (Wildman–Crippen LogP) is 2.73. The minimum absolute atomic E-state index is 0.00967. The smallest absolute Gasteiger partial charge is 0.238 e. The average molecular weight is 414 g/mol. The van der Waals surface area contributed by atoms with Crippen LogP contribution in [-0.4, -0.2) is 75.3 Å². The molecule has 0 radical (unpaired) electrons. The summed E-state index contributed by atoms with van der Waals surface area (Å²) in [4.78, 5) is 16.9. The Labute approximate surface area is 178 Å². The number of hydrogen-bond donors (Lipinski definition) is 1. The molecule has 7 nitrogen and oxygen atoms in total. The Kier molecular flexibility index (Phi) is 8.35. The van der Waals surface area contributed by atoms with Gasteiger partial charge in [-0.15, -0.1) is 0 Å². The number of nitrogens with zero attached hydrogens (tertiary/aromatic N) is 2. The molecular formula is C23H31N3O4. The molecule has 0 unspecified atom stereocenters. The number of hydrogen-bond acceptors (Lipinski definition) is 6. The van der Waals surface area contributed by atoms with Gasteiger partial charge in [-0.05, 0) is 55.5 Å². The molecule has 0 bridgehead atoms. The van der Waals surface area contributed by atoms with Crippen molar-refractivity contribution in [3.05, 3.63) is 48.5 Å². The first-order chi connectivity index (χ1) is 14.7. The van der Waals surface area contributed by atoms with E-state index in [0.717, 1.165) is 55.7 Å². The van der Waals surface area contributed by atoms with E-state index < -0.39 is 0 Å². The van der Waals surface area contributed by atoms with E-state index in [1.807, 2.05) is 55.5 Å². The van der Waals surface area contributed by atoms with Gasteiger partial charge in [-0.2, -0.15) is 0 Å². The van der Waals surface area contributed by atoms with Crippen LogP contribution in [0, 0.1) is 0 Å². The lowest BCUT2D eigenvalue weighted by atomic mass is 10.3. The highest BCUT2D eigenvalue weighted by Gasteiger charge is 2.19. The molecule has 2 aromatic carbocycles. The minimum Gasteiger partial charge on any atom is -0.497 e. The first-order valence-electron chi connectivity index (χ1n) is 10.4. The number of anilines is 1. The Balaban J connectivity index is 1.32. The van der Waals surface area contributed by atoms with Crippen molar-refractivity contribution in [2.24, 2.45) is 0 Å². The topological polar surface area (TPSA) is 63.3 Å². The summed E-state index contributed by atoms with van der Waals surface area (Å²) >= 11 is 0. The van der Waals surface area contributed by atoms with Crippen LogP contribution in [-0.2, 0) is 4.79 Å². The van der Waals surface area contributed by atoms with Crippen LogP contribution in [0.3, 0.4) is 0 Å². The summed E-state index contributed by atoms with van der Waals surface area (Å²) < 4.78 is 16.4. The van der Waals surface area contributed by atoms with Gasteiger partial charge in [0.05, 0.1) is 20.3 Å². The fourth-order valence-electron chi connectivity index (χ4n) is 3.34. The number of ether oxygens (including phenoxy) is 3. The Hall–Kier alpha value is -2.77. The van der Waals surface area contributed by atoms with E-state index in [0.29, 0.717) is 19.8 Å². The maximum atomic E-state index is 12.3. The van der Waals surface area contributed by atoms with Crippen LogP contribution in [0.1, 0.15) is 6.92 Å².